The summed E-state index contributed by atoms with van der Waals surface area (Å²) in [4.78, 5) is 3.71. The van der Waals surface area contributed by atoms with E-state index in [2.05, 4.69) is 49.2 Å². The number of nitrogens with one attached hydrogen (secondary N) is 2. The van der Waals surface area contributed by atoms with Gasteiger partial charge in [-0.1, -0.05) is 12.1 Å². The second-order valence-corrected chi connectivity index (χ2v) is 5.03. The Labute approximate surface area is 108 Å². The maximum Gasteiger partial charge on any atom is 0.182 e. The number of hydrogen-bond acceptors (Lipinski definition) is 1. The number of quaternary nitrogens is 1. The molecule has 1 aliphatic heterocycles. The summed E-state index contributed by atoms with van der Waals surface area (Å²) in [5, 5.41) is 4.14. The first-order chi connectivity index (χ1) is 8.11. The van der Waals surface area contributed by atoms with Crippen LogP contribution in [0.15, 0.2) is 18.2 Å². The van der Waals surface area contributed by atoms with Gasteiger partial charge in [-0.05, 0) is 50.2 Å². The minimum Gasteiger partial charge on any atom is -0.315 e. The third-order valence-corrected chi connectivity index (χ3v) is 3.64. The molecule has 0 saturated carbocycles. The number of nitrogens with zero attached hydrogens (tertiary/aromatic N) is 1. The second kappa shape index (κ2) is 5.02. The van der Waals surface area contributed by atoms with Gasteiger partial charge in [-0.3, -0.25) is 4.90 Å². The minimum absolute atomic E-state index is 0.843. The van der Waals surface area contributed by atoms with Crippen LogP contribution in [0.1, 0.15) is 18.1 Å². The maximum absolute atomic E-state index is 5.41. The minimum atomic E-state index is 0.843. The van der Waals surface area contributed by atoms with Gasteiger partial charge in [-0.15, -0.1) is 0 Å². The molecular formula is C13H20N3S+. The van der Waals surface area contributed by atoms with Crippen LogP contribution in [0.3, 0.4) is 0 Å². The molecule has 2 rings (SSSR count). The summed E-state index contributed by atoms with van der Waals surface area (Å²) in [6, 6.07) is 6.51. The molecule has 2 N–H and O–H groups in total. The number of thiocarbonyl (C=S) groups is 1. The molecule has 1 unspecified atom stereocenters. The molecule has 1 fully saturated rings. The molecule has 1 aliphatic rings. The van der Waals surface area contributed by atoms with Crippen molar-refractivity contribution in [1.82, 2.24) is 5.32 Å². The standard InChI is InChI=1S/C13H19N3S/c1-4-15-8-14-13(17)16(9-15)12-7-10(2)5-6-11(12)3/h5-7H,4,8-9H2,1-3H3,(H,14,17)/p+1. The summed E-state index contributed by atoms with van der Waals surface area (Å²) < 4.78 is 0. The molecule has 4 heteroatoms. The molecule has 0 aliphatic carbocycles. The van der Waals surface area contributed by atoms with E-state index in [4.69, 9.17) is 12.2 Å². The topological polar surface area (TPSA) is 19.7 Å². The molecule has 1 saturated heterocycles. The van der Waals surface area contributed by atoms with Crippen molar-refractivity contribution < 1.29 is 4.90 Å². The van der Waals surface area contributed by atoms with Crippen molar-refractivity contribution in [3.05, 3.63) is 29.3 Å². The average molecular weight is 250 g/mol. The van der Waals surface area contributed by atoms with Gasteiger partial charge in [0.05, 0.1) is 12.2 Å². The molecule has 3 nitrogen and oxygen atoms in total. The number of anilines is 1. The van der Waals surface area contributed by atoms with Crippen LogP contribution in [0.25, 0.3) is 0 Å². The molecule has 92 valence electrons. The highest BCUT2D eigenvalue weighted by atomic mass is 32.1. The monoisotopic (exact) mass is 250 g/mol. The van der Waals surface area contributed by atoms with Gasteiger partial charge in [0.15, 0.2) is 18.4 Å². The van der Waals surface area contributed by atoms with Crippen LogP contribution >= 0.6 is 12.2 Å². The van der Waals surface area contributed by atoms with E-state index in [9.17, 15) is 0 Å². The second-order valence-electron chi connectivity index (χ2n) is 4.64. The van der Waals surface area contributed by atoms with Crippen molar-refractivity contribution in [2.45, 2.75) is 20.8 Å². The van der Waals surface area contributed by atoms with Crippen molar-refractivity contribution >= 4 is 23.0 Å². The Morgan fingerprint density at radius 3 is 2.88 bits per heavy atom. The van der Waals surface area contributed by atoms with Gasteiger partial charge >= 0.3 is 0 Å². The van der Waals surface area contributed by atoms with Gasteiger partial charge in [0.1, 0.15) is 0 Å². The Kier molecular flexibility index (Phi) is 3.64. The molecule has 1 aromatic carbocycles. The van der Waals surface area contributed by atoms with Crippen molar-refractivity contribution in [3.8, 4) is 0 Å². The first kappa shape index (κ1) is 12.3. The molecule has 17 heavy (non-hydrogen) atoms. The van der Waals surface area contributed by atoms with Crippen molar-refractivity contribution in [1.29, 1.82) is 0 Å². The number of hydrogen-bond donors (Lipinski definition) is 2. The Morgan fingerprint density at radius 2 is 2.18 bits per heavy atom. The van der Waals surface area contributed by atoms with Crippen molar-refractivity contribution in [3.63, 3.8) is 0 Å². The summed E-state index contributed by atoms with van der Waals surface area (Å²) in [5.41, 5.74) is 3.78. The van der Waals surface area contributed by atoms with E-state index in [-0.39, 0.29) is 0 Å². The predicted octanol–water partition coefficient (Wildman–Crippen LogP) is 0.818. The Bertz CT molecular complexity index is 431. The molecule has 1 atom stereocenters. The van der Waals surface area contributed by atoms with E-state index in [1.54, 1.807) is 0 Å². The largest absolute Gasteiger partial charge is 0.315 e. The van der Waals surface area contributed by atoms with Crippen LogP contribution in [-0.4, -0.2) is 25.0 Å². The number of rotatable bonds is 2. The normalized spacial score (nSPS) is 20.3. The summed E-state index contributed by atoms with van der Waals surface area (Å²) in [6.07, 6.45) is 0. The first-order valence-electron chi connectivity index (χ1n) is 6.08. The van der Waals surface area contributed by atoms with Gasteiger partial charge in [0, 0.05) is 0 Å². The Morgan fingerprint density at radius 1 is 1.41 bits per heavy atom. The van der Waals surface area contributed by atoms with Gasteiger partial charge in [-0.2, -0.15) is 0 Å². The van der Waals surface area contributed by atoms with E-state index in [1.807, 2.05) is 0 Å². The highest BCUT2D eigenvalue weighted by molar-refractivity contribution is 7.80. The smallest absolute Gasteiger partial charge is 0.182 e. The molecular weight excluding hydrogens is 230 g/mol. The van der Waals surface area contributed by atoms with Gasteiger partial charge < -0.3 is 10.2 Å². The molecule has 1 heterocycles. The molecule has 0 bridgehead atoms. The molecule has 0 spiro atoms. The maximum atomic E-state index is 5.41. The molecule has 0 radical (unpaired) electrons. The lowest BCUT2D eigenvalue weighted by Crippen LogP contribution is -3.17. The lowest BCUT2D eigenvalue weighted by Gasteiger charge is -2.35. The fraction of sp³-hybridized carbons (Fsp3) is 0.462. The van der Waals surface area contributed by atoms with E-state index in [0.717, 1.165) is 25.0 Å². The molecule has 0 amide bonds. The zero-order valence-corrected chi connectivity index (χ0v) is 11.5. The van der Waals surface area contributed by atoms with Crippen LogP contribution in [0.5, 0.6) is 0 Å². The van der Waals surface area contributed by atoms with Gasteiger partial charge in [0.2, 0.25) is 0 Å². The van der Waals surface area contributed by atoms with E-state index in [1.165, 1.54) is 21.7 Å². The van der Waals surface area contributed by atoms with E-state index >= 15 is 0 Å². The molecule has 1 aromatic rings. The zero-order valence-electron chi connectivity index (χ0n) is 10.7. The van der Waals surface area contributed by atoms with Crippen LogP contribution in [0, 0.1) is 13.8 Å². The lowest BCUT2D eigenvalue weighted by atomic mass is 10.1. The Balaban J connectivity index is 2.30. The zero-order chi connectivity index (χ0) is 12.4. The highest BCUT2D eigenvalue weighted by Crippen LogP contribution is 2.21. The summed E-state index contributed by atoms with van der Waals surface area (Å²) in [6.45, 7) is 9.44. The predicted molar refractivity (Wildman–Crippen MR) is 75.4 cm³/mol. The third-order valence-electron chi connectivity index (χ3n) is 3.27. The summed E-state index contributed by atoms with van der Waals surface area (Å²) >= 11 is 5.41. The lowest BCUT2D eigenvalue weighted by molar-refractivity contribution is -0.901. The summed E-state index contributed by atoms with van der Waals surface area (Å²) in [7, 11) is 0. The Hall–Kier alpha value is -1.13. The summed E-state index contributed by atoms with van der Waals surface area (Å²) in [5.74, 6) is 0. The molecule has 0 aromatic heterocycles. The van der Waals surface area contributed by atoms with E-state index in [0.29, 0.717) is 0 Å². The van der Waals surface area contributed by atoms with Gasteiger partial charge in [0.25, 0.3) is 0 Å². The quantitative estimate of drug-likeness (QED) is 0.758. The third kappa shape index (κ3) is 2.58. The van der Waals surface area contributed by atoms with Crippen molar-refractivity contribution in [2.75, 3.05) is 24.8 Å². The van der Waals surface area contributed by atoms with Crippen molar-refractivity contribution in [2.24, 2.45) is 0 Å². The van der Waals surface area contributed by atoms with Crippen LogP contribution in [0.2, 0.25) is 0 Å². The van der Waals surface area contributed by atoms with Gasteiger partial charge in [-0.25, -0.2) is 0 Å². The fourth-order valence-electron chi connectivity index (χ4n) is 2.09. The number of aryl methyl sites for hydroxylation is 2. The van der Waals surface area contributed by atoms with E-state index < -0.39 is 0 Å². The average Bonchev–Trinajstić information content (AvgIpc) is 2.33. The van der Waals surface area contributed by atoms with Crippen LogP contribution in [-0.2, 0) is 0 Å². The number of benzene rings is 1. The highest BCUT2D eigenvalue weighted by Gasteiger charge is 2.24. The SMILES string of the molecule is CC[NH+]1CNC(=S)N(c2cc(C)ccc2C)C1. The van der Waals surface area contributed by atoms with Crippen LogP contribution in [0.4, 0.5) is 5.69 Å². The first-order valence-corrected chi connectivity index (χ1v) is 6.49. The fourth-order valence-corrected chi connectivity index (χ4v) is 2.32. The van der Waals surface area contributed by atoms with Crippen LogP contribution < -0.4 is 15.1 Å².